The van der Waals surface area contributed by atoms with Crippen molar-refractivity contribution < 1.29 is 19.4 Å². The van der Waals surface area contributed by atoms with Crippen LogP contribution in [0.2, 0.25) is 0 Å². The molecule has 0 bridgehead atoms. The normalized spacial score (nSPS) is 10.2. The molecule has 0 unspecified atom stereocenters. The molecule has 0 fully saturated rings. The molecule has 0 saturated carbocycles. The second-order valence-corrected chi connectivity index (χ2v) is 4.68. The van der Waals surface area contributed by atoms with E-state index < -0.39 is 5.97 Å². The summed E-state index contributed by atoms with van der Waals surface area (Å²) >= 11 is 0. The zero-order valence-electron chi connectivity index (χ0n) is 12.1. The van der Waals surface area contributed by atoms with Gasteiger partial charge in [-0.25, -0.2) is 4.79 Å². The number of hydrogen-bond donors (Lipinski definition) is 1. The molecule has 21 heavy (non-hydrogen) atoms. The van der Waals surface area contributed by atoms with Crippen LogP contribution >= 0.6 is 0 Å². The first-order valence-corrected chi connectivity index (χ1v) is 6.85. The van der Waals surface area contributed by atoms with Gasteiger partial charge in [-0.2, -0.15) is 0 Å². The summed E-state index contributed by atoms with van der Waals surface area (Å²) in [6, 6.07) is 12.2. The van der Waals surface area contributed by atoms with Crippen molar-refractivity contribution in [3.63, 3.8) is 0 Å². The third-order valence-corrected chi connectivity index (χ3v) is 2.95. The van der Waals surface area contributed by atoms with Gasteiger partial charge < -0.3 is 14.6 Å². The lowest BCUT2D eigenvalue weighted by molar-refractivity contribution is 0.0696. The summed E-state index contributed by atoms with van der Waals surface area (Å²) < 4.78 is 11.5. The molecule has 1 N–H and O–H groups in total. The second kappa shape index (κ2) is 6.79. The van der Waals surface area contributed by atoms with Gasteiger partial charge >= 0.3 is 5.97 Å². The maximum Gasteiger partial charge on any atom is 0.335 e. The van der Waals surface area contributed by atoms with Crippen LogP contribution in [0.25, 0.3) is 0 Å². The Balaban J connectivity index is 2.24. The van der Waals surface area contributed by atoms with E-state index in [-0.39, 0.29) is 5.56 Å². The summed E-state index contributed by atoms with van der Waals surface area (Å²) in [6.45, 7) is 4.48. The van der Waals surface area contributed by atoms with E-state index in [2.05, 4.69) is 0 Å². The van der Waals surface area contributed by atoms with Crippen molar-refractivity contribution in [3.05, 3.63) is 53.6 Å². The van der Waals surface area contributed by atoms with Crippen LogP contribution in [-0.2, 0) is 0 Å². The summed E-state index contributed by atoms with van der Waals surface area (Å²) in [6.07, 6.45) is 0.917. The van der Waals surface area contributed by atoms with Crippen molar-refractivity contribution in [1.82, 2.24) is 0 Å². The van der Waals surface area contributed by atoms with E-state index in [4.69, 9.17) is 14.6 Å². The average Bonchev–Trinajstić information content (AvgIpc) is 2.48. The van der Waals surface area contributed by atoms with Gasteiger partial charge in [0.15, 0.2) is 11.5 Å². The Morgan fingerprint density at radius 1 is 1.10 bits per heavy atom. The maximum atomic E-state index is 10.9. The van der Waals surface area contributed by atoms with E-state index in [1.54, 1.807) is 12.1 Å². The molecule has 110 valence electrons. The lowest BCUT2D eigenvalue weighted by atomic mass is 10.1. The first-order chi connectivity index (χ1) is 10.1. The molecule has 4 heteroatoms. The zero-order chi connectivity index (χ0) is 15.2. The number of carboxylic acids is 1. The van der Waals surface area contributed by atoms with Crippen molar-refractivity contribution in [1.29, 1.82) is 0 Å². The Morgan fingerprint density at radius 3 is 2.43 bits per heavy atom. The van der Waals surface area contributed by atoms with Crippen LogP contribution in [0.15, 0.2) is 42.5 Å². The number of aryl methyl sites for hydroxylation is 1. The highest BCUT2D eigenvalue weighted by atomic mass is 16.5. The number of ether oxygens (including phenoxy) is 2. The highest BCUT2D eigenvalue weighted by Gasteiger charge is 2.10. The maximum absolute atomic E-state index is 10.9. The number of benzene rings is 2. The summed E-state index contributed by atoms with van der Waals surface area (Å²) in [5.41, 5.74) is 1.01. The van der Waals surface area contributed by atoms with E-state index >= 15 is 0 Å². The molecular weight excluding hydrogens is 268 g/mol. The van der Waals surface area contributed by atoms with Gasteiger partial charge in [0.1, 0.15) is 5.75 Å². The number of para-hydroxylation sites is 2. The SMILES string of the molecule is CCCOc1ccccc1Oc1ccc(C(=O)O)cc1C. The molecule has 2 aromatic rings. The van der Waals surface area contributed by atoms with E-state index in [0.717, 1.165) is 12.0 Å². The van der Waals surface area contributed by atoms with Gasteiger partial charge in [-0.05, 0) is 49.2 Å². The van der Waals surface area contributed by atoms with Crippen LogP contribution in [0.5, 0.6) is 17.2 Å². The van der Waals surface area contributed by atoms with Crippen molar-refractivity contribution >= 4 is 5.97 Å². The number of carbonyl (C=O) groups is 1. The highest BCUT2D eigenvalue weighted by Crippen LogP contribution is 2.33. The Labute approximate surface area is 123 Å². The predicted octanol–water partition coefficient (Wildman–Crippen LogP) is 4.27. The van der Waals surface area contributed by atoms with Crippen LogP contribution < -0.4 is 9.47 Å². The minimum atomic E-state index is -0.948. The minimum Gasteiger partial charge on any atom is -0.490 e. The van der Waals surface area contributed by atoms with Crippen LogP contribution in [0, 0.1) is 6.92 Å². The third kappa shape index (κ3) is 3.75. The third-order valence-electron chi connectivity index (χ3n) is 2.95. The van der Waals surface area contributed by atoms with Crippen LogP contribution in [-0.4, -0.2) is 17.7 Å². The summed E-state index contributed by atoms with van der Waals surface area (Å²) in [5, 5.41) is 8.97. The Kier molecular flexibility index (Phi) is 4.82. The Morgan fingerprint density at radius 2 is 1.81 bits per heavy atom. The van der Waals surface area contributed by atoms with Gasteiger partial charge in [0.25, 0.3) is 0 Å². The molecule has 2 aromatic carbocycles. The van der Waals surface area contributed by atoms with Crippen LogP contribution in [0.1, 0.15) is 29.3 Å². The first kappa shape index (κ1) is 14.9. The van der Waals surface area contributed by atoms with E-state index in [9.17, 15) is 4.79 Å². The summed E-state index contributed by atoms with van der Waals surface area (Å²) in [4.78, 5) is 10.9. The molecule has 4 nitrogen and oxygen atoms in total. The van der Waals surface area contributed by atoms with E-state index in [1.807, 2.05) is 38.1 Å². The smallest absolute Gasteiger partial charge is 0.335 e. The molecular formula is C17H18O4. The lowest BCUT2D eigenvalue weighted by Gasteiger charge is -2.13. The molecule has 0 aliphatic heterocycles. The second-order valence-electron chi connectivity index (χ2n) is 4.68. The molecule has 0 aliphatic rings. The van der Waals surface area contributed by atoms with Crippen LogP contribution in [0.3, 0.4) is 0 Å². The van der Waals surface area contributed by atoms with Crippen molar-refractivity contribution in [2.45, 2.75) is 20.3 Å². The monoisotopic (exact) mass is 286 g/mol. The number of hydrogen-bond acceptors (Lipinski definition) is 3. The molecule has 0 spiro atoms. The molecule has 0 atom stereocenters. The van der Waals surface area contributed by atoms with E-state index in [1.165, 1.54) is 6.07 Å². The fourth-order valence-electron chi connectivity index (χ4n) is 1.88. The molecule has 0 aromatic heterocycles. The quantitative estimate of drug-likeness (QED) is 0.861. The first-order valence-electron chi connectivity index (χ1n) is 6.85. The number of aromatic carboxylic acids is 1. The van der Waals surface area contributed by atoms with Gasteiger partial charge in [-0.1, -0.05) is 19.1 Å². The fraction of sp³-hybridized carbons (Fsp3) is 0.235. The standard InChI is InChI=1S/C17H18O4/c1-3-10-20-15-6-4-5-7-16(15)21-14-9-8-13(17(18)19)11-12(14)2/h4-9,11H,3,10H2,1-2H3,(H,18,19). The Bertz CT molecular complexity index is 634. The van der Waals surface area contributed by atoms with Gasteiger partial charge in [0.2, 0.25) is 0 Å². The molecule has 0 amide bonds. The summed E-state index contributed by atoms with van der Waals surface area (Å²) in [5.74, 6) is 0.974. The Hall–Kier alpha value is -2.49. The lowest BCUT2D eigenvalue weighted by Crippen LogP contribution is -1.99. The molecule has 0 saturated heterocycles. The van der Waals surface area contributed by atoms with Gasteiger partial charge in [-0.15, -0.1) is 0 Å². The van der Waals surface area contributed by atoms with Crippen LogP contribution in [0.4, 0.5) is 0 Å². The fourth-order valence-corrected chi connectivity index (χ4v) is 1.88. The number of carboxylic acid groups (broad SMARTS) is 1. The predicted molar refractivity (Wildman–Crippen MR) is 80.4 cm³/mol. The largest absolute Gasteiger partial charge is 0.490 e. The number of rotatable bonds is 6. The zero-order valence-corrected chi connectivity index (χ0v) is 12.1. The topological polar surface area (TPSA) is 55.8 Å². The van der Waals surface area contributed by atoms with Gasteiger partial charge in [0.05, 0.1) is 12.2 Å². The van der Waals surface area contributed by atoms with Crippen molar-refractivity contribution in [2.24, 2.45) is 0 Å². The molecule has 2 rings (SSSR count). The molecule has 0 heterocycles. The minimum absolute atomic E-state index is 0.246. The van der Waals surface area contributed by atoms with Crippen molar-refractivity contribution in [2.75, 3.05) is 6.61 Å². The van der Waals surface area contributed by atoms with Gasteiger partial charge in [-0.3, -0.25) is 0 Å². The highest BCUT2D eigenvalue weighted by molar-refractivity contribution is 5.88. The molecule has 0 radical (unpaired) electrons. The van der Waals surface area contributed by atoms with Gasteiger partial charge in [0, 0.05) is 0 Å². The van der Waals surface area contributed by atoms with Crippen molar-refractivity contribution in [3.8, 4) is 17.2 Å². The molecule has 0 aliphatic carbocycles. The summed E-state index contributed by atoms with van der Waals surface area (Å²) in [7, 11) is 0. The van der Waals surface area contributed by atoms with E-state index in [0.29, 0.717) is 23.9 Å². The average molecular weight is 286 g/mol.